The van der Waals surface area contributed by atoms with Gasteiger partial charge in [-0.1, -0.05) is 0 Å². The first-order valence-electron chi connectivity index (χ1n) is 7.38. The minimum Gasteiger partial charge on any atom is -0.384 e. The lowest BCUT2D eigenvalue weighted by Crippen LogP contribution is -2.19. The molecular formula is C15H20N6O2. The normalized spacial score (nSPS) is 12.2. The molecule has 3 aromatic heterocycles. The summed E-state index contributed by atoms with van der Waals surface area (Å²) in [6.07, 6.45) is 1.73. The fourth-order valence-corrected chi connectivity index (χ4v) is 2.79. The number of fused-ring (bicyclic) bond motifs is 1. The molecular weight excluding hydrogens is 296 g/mol. The van der Waals surface area contributed by atoms with Crippen LogP contribution in [0.4, 0.5) is 5.82 Å². The Kier molecular flexibility index (Phi) is 3.29. The molecule has 8 nitrogen and oxygen atoms in total. The van der Waals surface area contributed by atoms with Crippen LogP contribution in [-0.4, -0.2) is 29.7 Å². The Morgan fingerprint density at radius 2 is 2.13 bits per heavy atom. The number of nitrogen functional groups attached to an aromatic ring is 1. The molecule has 0 aromatic carbocycles. The largest absolute Gasteiger partial charge is 0.384 e. The Labute approximate surface area is 132 Å². The van der Waals surface area contributed by atoms with Crippen LogP contribution in [0.15, 0.2) is 17.1 Å². The van der Waals surface area contributed by atoms with Crippen LogP contribution in [0.1, 0.15) is 26.5 Å². The molecule has 0 saturated heterocycles. The maximum Gasteiger partial charge on any atom is 0.263 e. The lowest BCUT2D eigenvalue weighted by Gasteiger charge is -2.16. The molecule has 122 valence electrons. The van der Waals surface area contributed by atoms with Crippen molar-refractivity contribution in [2.45, 2.75) is 32.9 Å². The Morgan fingerprint density at radius 3 is 2.70 bits per heavy atom. The van der Waals surface area contributed by atoms with Gasteiger partial charge in [0.2, 0.25) is 0 Å². The monoisotopic (exact) mass is 316 g/mol. The molecule has 0 aliphatic rings. The van der Waals surface area contributed by atoms with Crippen molar-refractivity contribution in [3.8, 4) is 11.3 Å². The number of hydrogen-bond acceptors (Lipinski definition) is 5. The second-order valence-corrected chi connectivity index (χ2v) is 6.09. The standard InChI is InChI=1S/C15H20N6O2/c1-5-21-7-8(12-11(14(21)22)13(16)18-17-12)9-6-10(15(2,3)23)20(4)19-9/h6-7,23H,5H2,1-4H3,(H3,16,17,18). The van der Waals surface area contributed by atoms with E-state index in [1.54, 1.807) is 42.4 Å². The quantitative estimate of drug-likeness (QED) is 0.665. The van der Waals surface area contributed by atoms with Gasteiger partial charge in [0.05, 0.1) is 16.9 Å². The van der Waals surface area contributed by atoms with Gasteiger partial charge in [-0.15, -0.1) is 0 Å². The average Bonchev–Trinajstić information content (AvgIpc) is 3.03. The summed E-state index contributed by atoms with van der Waals surface area (Å²) >= 11 is 0. The lowest BCUT2D eigenvalue weighted by atomic mass is 10.0. The van der Waals surface area contributed by atoms with E-state index in [9.17, 15) is 9.90 Å². The van der Waals surface area contributed by atoms with Gasteiger partial charge in [-0.3, -0.25) is 14.6 Å². The maximum absolute atomic E-state index is 12.4. The number of hydrogen-bond donors (Lipinski definition) is 3. The lowest BCUT2D eigenvalue weighted by molar-refractivity contribution is 0.0696. The molecule has 0 spiro atoms. The van der Waals surface area contributed by atoms with Crippen molar-refractivity contribution in [1.29, 1.82) is 0 Å². The van der Waals surface area contributed by atoms with E-state index in [0.29, 0.717) is 28.8 Å². The van der Waals surface area contributed by atoms with E-state index < -0.39 is 5.60 Å². The molecule has 0 atom stereocenters. The number of aromatic nitrogens is 5. The number of aromatic amines is 1. The zero-order valence-corrected chi connectivity index (χ0v) is 13.6. The number of H-pyrrole nitrogens is 1. The van der Waals surface area contributed by atoms with Gasteiger partial charge in [-0.25, -0.2) is 0 Å². The molecule has 0 aliphatic carbocycles. The van der Waals surface area contributed by atoms with Crippen molar-refractivity contribution in [3.63, 3.8) is 0 Å². The van der Waals surface area contributed by atoms with Gasteiger partial charge in [0.15, 0.2) is 5.82 Å². The summed E-state index contributed by atoms with van der Waals surface area (Å²) in [4.78, 5) is 12.4. The van der Waals surface area contributed by atoms with Gasteiger partial charge < -0.3 is 15.4 Å². The summed E-state index contributed by atoms with van der Waals surface area (Å²) in [5, 5.41) is 21.8. The van der Waals surface area contributed by atoms with Crippen LogP contribution in [0.3, 0.4) is 0 Å². The number of nitrogens with two attached hydrogens (primary N) is 1. The number of nitrogens with one attached hydrogen (secondary N) is 1. The maximum atomic E-state index is 12.4. The third-order valence-electron chi connectivity index (χ3n) is 3.95. The van der Waals surface area contributed by atoms with Crippen molar-refractivity contribution >= 4 is 16.7 Å². The van der Waals surface area contributed by atoms with Crippen LogP contribution in [-0.2, 0) is 19.2 Å². The first kappa shape index (κ1) is 15.3. The van der Waals surface area contributed by atoms with Gasteiger partial charge >= 0.3 is 0 Å². The number of aryl methyl sites for hydroxylation is 2. The highest BCUT2D eigenvalue weighted by atomic mass is 16.3. The Bertz CT molecular complexity index is 941. The van der Waals surface area contributed by atoms with Gasteiger partial charge in [0, 0.05) is 25.4 Å². The first-order chi connectivity index (χ1) is 10.7. The van der Waals surface area contributed by atoms with Crippen LogP contribution in [0.2, 0.25) is 0 Å². The molecule has 0 bridgehead atoms. The zero-order valence-electron chi connectivity index (χ0n) is 13.6. The molecule has 3 rings (SSSR count). The molecule has 0 amide bonds. The average molecular weight is 316 g/mol. The molecule has 4 N–H and O–H groups in total. The smallest absolute Gasteiger partial charge is 0.263 e. The fraction of sp³-hybridized carbons (Fsp3) is 0.400. The predicted molar refractivity (Wildman–Crippen MR) is 87.9 cm³/mol. The van der Waals surface area contributed by atoms with Gasteiger partial charge in [0.25, 0.3) is 5.56 Å². The van der Waals surface area contributed by atoms with Gasteiger partial charge in [0.1, 0.15) is 11.0 Å². The highest BCUT2D eigenvalue weighted by Gasteiger charge is 2.24. The van der Waals surface area contributed by atoms with Gasteiger partial charge in [-0.05, 0) is 26.8 Å². The number of nitrogens with zero attached hydrogens (tertiary/aromatic N) is 4. The topological polar surface area (TPSA) is 115 Å². The predicted octanol–water partition coefficient (Wildman–Crippen LogP) is 0.955. The third-order valence-corrected chi connectivity index (χ3v) is 3.95. The third kappa shape index (κ3) is 2.31. The van der Waals surface area contributed by atoms with Crippen molar-refractivity contribution < 1.29 is 5.11 Å². The molecule has 3 heterocycles. The number of aliphatic hydroxyl groups is 1. The summed E-state index contributed by atoms with van der Waals surface area (Å²) in [6, 6.07) is 1.80. The van der Waals surface area contributed by atoms with E-state index in [2.05, 4.69) is 15.3 Å². The summed E-state index contributed by atoms with van der Waals surface area (Å²) in [5.41, 5.74) is 7.20. The fourth-order valence-electron chi connectivity index (χ4n) is 2.79. The first-order valence-corrected chi connectivity index (χ1v) is 7.38. The Balaban J connectivity index is 2.33. The Morgan fingerprint density at radius 1 is 1.43 bits per heavy atom. The number of anilines is 1. The number of pyridine rings is 1. The summed E-state index contributed by atoms with van der Waals surface area (Å²) < 4.78 is 3.20. The molecule has 3 aromatic rings. The van der Waals surface area contributed by atoms with Crippen LogP contribution in [0.5, 0.6) is 0 Å². The summed E-state index contributed by atoms with van der Waals surface area (Å²) in [5.74, 6) is 0.174. The second-order valence-electron chi connectivity index (χ2n) is 6.09. The van der Waals surface area contributed by atoms with Crippen molar-refractivity contribution in [2.24, 2.45) is 7.05 Å². The number of rotatable bonds is 3. The van der Waals surface area contributed by atoms with E-state index >= 15 is 0 Å². The molecule has 0 aliphatic heterocycles. The van der Waals surface area contributed by atoms with Crippen LogP contribution < -0.4 is 11.3 Å². The van der Waals surface area contributed by atoms with Crippen molar-refractivity contribution in [3.05, 3.63) is 28.3 Å². The molecule has 0 saturated carbocycles. The van der Waals surface area contributed by atoms with Crippen LogP contribution in [0, 0.1) is 0 Å². The molecule has 8 heteroatoms. The van der Waals surface area contributed by atoms with Crippen LogP contribution in [0.25, 0.3) is 22.2 Å². The van der Waals surface area contributed by atoms with Crippen molar-refractivity contribution in [2.75, 3.05) is 5.73 Å². The summed E-state index contributed by atoms with van der Waals surface area (Å²) in [6.45, 7) is 5.79. The summed E-state index contributed by atoms with van der Waals surface area (Å²) in [7, 11) is 1.77. The van der Waals surface area contributed by atoms with E-state index in [0.717, 1.165) is 5.56 Å². The highest BCUT2D eigenvalue weighted by Crippen LogP contribution is 2.29. The van der Waals surface area contributed by atoms with Gasteiger partial charge in [-0.2, -0.15) is 10.2 Å². The van der Waals surface area contributed by atoms with E-state index in [1.165, 1.54) is 0 Å². The Hall–Kier alpha value is -2.61. The molecule has 0 radical (unpaired) electrons. The van der Waals surface area contributed by atoms with E-state index in [1.807, 2.05) is 6.92 Å². The molecule has 23 heavy (non-hydrogen) atoms. The highest BCUT2D eigenvalue weighted by molar-refractivity contribution is 5.97. The SMILES string of the molecule is CCn1cc(-c2cc(C(C)(C)O)n(C)n2)c2[nH]nc(N)c2c1=O. The minimum absolute atomic E-state index is 0.174. The van der Waals surface area contributed by atoms with Crippen LogP contribution >= 0.6 is 0 Å². The second kappa shape index (κ2) is 4.95. The van der Waals surface area contributed by atoms with Crippen molar-refractivity contribution in [1.82, 2.24) is 24.5 Å². The zero-order chi connectivity index (χ0) is 16.9. The van der Waals surface area contributed by atoms with E-state index in [4.69, 9.17) is 5.73 Å². The molecule has 0 unspecified atom stereocenters. The molecule has 0 fully saturated rings. The minimum atomic E-state index is -1.02. The van der Waals surface area contributed by atoms with E-state index in [-0.39, 0.29) is 11.4 Å².